The van der Waals surface area contributed by atoms with Crippen LogP contribution in [0.3, 0.4) is 0 Å². The summed E-state index contributed by atoms with van der Waals surface area (Å²) in [4.78, 5) is 58.6. The van der Waals surface area contributed by atoms with E-state index in [9.17, 15) is 19.2 Å². The van der Waals surface area contributed by atoms with Crippen LogP contribution in [0.4, 0.5) is 4.79 Å². The van der Waals surface area contributed by atoms with Crippen LogP contribution in [0.15, 0.2) is 29.1 Å². The molecule has 11 heteroatoms. The van der Waals surface area contributed by atoms with Crippen LogP contribution in [0.2, 0.25) is 0 Å². The first kappa shape index (κ1) is 34.7. The molecular formula is C36H52N4O7. The van der Waals surface area contributed by atoms with Gasteiger partial charge in [-0.25, -0.2) is 9.59 Å². The van der Waals surface area contributed by atoms with Crippen LogP contribution in [-0.4, -0.2) is 90.8 Å². The zero-order valence-electron chi connectivity index (χ0n) is 28.6. The van der Waals surface area contributed by atoms with Crippen molar-refractivity contribution in [1.29, 1.82) is 0 Å². The number of fused-ring (bicyclic) bond motifs is 1. The number of H-pyrrole nitrogens is 1. The van der Waals surface area contributed by atoms with Gasteiger partial charge in [0.15, 0.2) is 0 Å². The zero-order chi connectivity index (χ0) is 33.7. The standard InChI is InChI=1S/C36H52N4O7/c1-36(2,3)31(33(42)40-19-11-16-28(40)34(43)45-5)38-35(44)47-29-22-23(29)12-7-6-8-14-26-30(46-24-17-20-39(4)21-18-24)25-13-9-10-15-27(25)37-32(26)41/h9-10,13,15,23-24,28-29,31H,6-8,11-12,14,16-22H2,1-5H3,(H,37,41)(H,38,44). The minimum absolute atomic E-state index is 0.0779. The number of unbranched alkanes of at least 4 members (excludes halogenated alkanes) is 2. The fourth-order valence-electron chi connectivity index (χ4n) is 6.95. The number of esters is 1. The van der Waals surface area contributed by atoms with Crippen molar-refractivity contribution in [2.24, 2.45) is 11.3 Å². The second-order valence-electron chi connectivity index (χ2n) is 14.6. The minimum atomic E-state index is -0.830. The van der Waals surface area contributed by atoms with Gasteiger partial charge in [0.05, 0.1) is 18.2 Å². The van der Waals surface area contributed by atoms with E-state index < -0.39 is 29.6 Å². The lowest BCUT2D eigenvalue weighted by Gasteiger charge is -2.34. The number of nitrogens with zero attached hydrogens (tertiary/aromatic N) is 2. The molecular weight excluding hydrogens is 600 g/mol. The summed E-state index contributed by atoms with van der Waals surface area (Å²) in [7, 11) is 3.44. The molecule has 47 heavy (non-hydrogen) atoms. The van der Waals surface area contributed by atoms with Gasteiger partial charge in [-0.15, -0.1) is 0 Å². The highest BCUT2D eigenvalue weighted by atomic mass is 16.6. The number of carbonyl (C=O) groups is 3. The molecule has 0 bridgehead atoms. The highest BCUT2D eigenvalue weighted by molar-refractivity contribution is 5.91. The molecule has 2 N–H and O–H groups in total. The number of alkyl carbamates (subject to hydrolysis) is 1. The van der Waals surface area contributed by atoms with E-state index in [0.29, 0.717) is 31.7 Å². The van der Waals surface area contributed by atoms with Gasteiger partial charge in [0.2, 0.25) is 5.91 Å². The molecule has 0 spiro atoms. The van der Waals surface area contributed by atoms with Gasteiger partial charge >= 0.3 is 12.1 Å². The normalized spacial score (nSPS) is 22.6. The van der Waals surface area contributed by atoms with Crippen molar-refractivity contribution in [3.05, 3.63) is 40.2 Å². The van der Waals surface area contributed by atoms with Crippen molar-refractivity contribution in [2.75, 3.05) is 33.8 Å². The second-order valence-corrected chi connectivity index (χ2v) is 14.6. The summed E-state index contributed by atoms with van der Waals surface area (Å²) in [5.41, 5.74) is 0.868. The van der Waals surface area contributed by atoms with Gasteiger partial charge in [-0.2, -0.15) is 0 Å². The molecule has 2 aromatic rings. The van der Waals surface area contributed by atoms with Crippen LogP contribution in [0.5, 0.6) is 5.75 Å². The molecule has 5 rings (SSSR count). The van der Waals surface area contributed by atoms with E-state index in [1.165, 1.54) is 12.0 Å². The zero-order valence-corrected chi connectivity index (χ0v) is 28.6. The Morgan fingerprint density at radius 2 is 1.79 bits per heavy atom. The lowest BCUT2D eigenvalue weighted by molar-refractivity contribution is -0.152. The largest absolute Gasteiger partial charge is 0.489 e. The summed E-state index contributed by atoms with van der Waals surface area (Å²) in [6.07, 6.45) is 7.65. The Kier molecular flexibility index (Phi) is 11.1. The third kappa shape index (κ3) is 8.66. The Morgan fingerprint density at radius 1 is 1.04 bits per heavy atom. The molecule has 2 aliphatic heterocycles. The number of ether oxygens (including phenoxy) is 3. The third-order valence-electron chi connectivity index (χ3n) is 9.92. The average molecular weight is 653 g/mol. The van der Waals surface area contributed by atoms with Crippen LogP contribution in [0, 0.1) is 11.3 Å². The molecule has 1 saturated carbocycles. The van der Waals surface area contributed by atoms with Crippen molar-refractivity contribution < 1.29 is 28.6 Å². The highest BCUT2D eigenvalue weighted by Gasteiger charge is 2.44. The molecule has 3 heterocycles. The SMILES string of the molecule is COC(=O)C1CCCN1C(=O)C(NC(=O)OC1CC1CCCCCc1c(OC2CCN(C)CC2)c2ccccc2[nH]c1=O)C(C)(C)C. The lowest BCUT2D eigenvalue weighted by atomic mass is 9.85. The quantitative estimate of drug-likeness (QED) is 0.247. The van der Waals surface area contributed by atoms with E-state index in [1.54, 1.807) is 0 Å². The monoisotopic (exact) mass is 652 g/mol. The number of aromatic nitrogens is 1. The number of benzene rings is 1. The van der Waals surface area contributed by atoms with Crippen molar-refractivity contribution in [3.8, 4) is 5.75 Å². The van der Waals surface area contributed by atoms with Crippen LogP contribution in [-0.2, 0) is 25.5 Å². The number of hydrogen-bond acceptors (Lipinski definition) is 8. The van der Waals surface area contributed by atoms with E-state index in [1.807, 2.05) is 45.0 Å². The first-order valence-electron chi connectivity index (χ1n) is 17.3. The summed E-state index contributed by atoms with van der Waals surface area (Å²) in [6.45, 7) is 8.08. The van der Waals surface area contributed by atoms with E-state index in [-0.39, 0.29) is 23.7 Å². The predicted octanol–water partition coefficient (Wildman–Crippen LogP) is 4.80. The summed E-state index contributed by atoms with van der Waals surface area (Å²) in [5.74, 6) is 0.301. The number of likely N-dealkylation sites (tertiary alicyclic amines) is 2. The molecule has 3 fully saturated rings. The first-order valence-corrected chi connectivity index (χ1v) is 17.3. The number of amides is 2. The van der Waals surface area contributed by atoms with Gasteiger partial charge in [-0.3, -0.25) is 9.59 Å². The summed E-state index contributed by atoms with van der Waals surface area (Å²) < 4.78 is 17.2. The van der Waals surface area contributed by atoms with Crippen molar-refractivity contribution in [2.45, 2.75) is 109 Å². The molecule has 258 valence electrons. The molecule has 2 amide bonds. The smallest absolute Gasteiger partial charge is 0.408 e. The Labute approximate surface area is 277 Å². The number of rotatable bonds is 12. The third-order valence-corrected chi connectivity index (χ3v) is 9.92. The summed E-state index contributed by atoms with van der Waals surface area (Å²) >= 11 is 0. The number of hydrogen-bond donors (Lipinski definition) is 2. The maximum atomic E-state index is 13.5. The fourth-order valence-corrected chi connectivity index (χ4v) is 6.95. The van der Waals surface area contributed by atoms with E-state index in [4.69, 9.17) is 14.2 Å². The highest BCUT2D eigenvalue weighted by Crippen LogP contribution is 2.39. The molecule has 3 aliphatic rings. The number of para-hydroxylation sites is 1. The number of carbonyl (C=O) groups excluding carboxylic acids is 3. The topological polar surface area (TPSA) is 130 Å². The van der Waals surface area contributed by atoms with Gasteiger partial charge in [0.1, 0.15) is 30.0 Å². The average Bonchev–Trinajstić information content (AvgIpc) is 3.57. The molecule has 11 nitrogen and oxygen atoms in total. The first-order chi connectivity index (χ1) is 22.5. The Balaban J connectivity index is 1.09. The summed E-state index contributed by atoms with van der Waals surface area (Å²) in [6, 6.07) is 6.40. The lowest BCUT2D eigenvalue weighted by Crippen LogP contribution is -2.57. The number of aromatic amines is 1. The van der Waals surface area contributed by atoms with Crippen molar-refractivity contribution in [1.82, 2.24) is 20.1 Å². The number of nitrogens with one attached hydrogen (secondary N) is 2. The molecule has 4 unspecified atom stereocenters. The van der Waals surface area contributed by atoms with Gasteiger partial charge < -0.3 is 34.3 Å². The molecule has 4 atom stereocenters. The summed E-state index contributed by atoms with van der Waals surface area (Å²) in [5, 5.41) is 3.76. The maximum Gasteiger partial charge on any atom is 0.408 e. The fraction of sp³-hybridized carbons (Fsp3) is 0.667. The van der Waals surface area contributed by atoms with E-state index >= 15 is 0 Å². The second kappa shape index (κ2) is 15.1. The predicted molar refractivity (Wildman–Crippen MR) is 179 cm³/mol. The number of piperidine rings is 1. The Bertz CT molecular complexity index is 1480. The van der Waals surface area contributed by atoms with Gasteiger partial charge in [0, 0.05) is 25.0 Å². The molecule has 1 aliphatic carbocycles. The molecule has 0 radical (unpaired) electrons. The Hall–Kier alpha value is -3.60. The van der Waals surface area contributed by atoms with E-state index in [2.05, 4.69) is 22.2 Å². The molecule has 1 aromatic heterocycles. The van der Waals surface area contributed by atoms with Crippen LogP contribution in [0.1, 0.15) is 84.1 Å². The van der Waals surface area contributed by atoms with Gasteiger partial charge in [-0.1, -0.05) is 45.7 Å². The Morgan fingerprint density at radius 3 is 2.51 bits per heavy atom. The van der Waals surface area contributed by atoms with Gasteiger partial charge in [-0.05, 0) is 81.9 Å². The van der Waals surface area contributed by atoms with Crippen LogP contribution in [0.25, 0.3) is 10.9 Å². The van der Waals surface area contributed by atoms with E-state index in [0.717, 1.165) is 80.3 Å². The molecule has 1 aromatic carbocycles. The number of pyridine rings is 1. The minimum Gasteiger partial charge on any atom is -0.489 e. The van der Waals surface area contributed by atoms with Crippen molar-refractivity contribution in [3.63, 3.8) is 0 Å². The maximum absolute atomic E-state index is 13.5. The van der Waals surface area contributed by atoms with Crippen LogP contribution >= 0.6 is 0 Å². The van der Waals surface area contributed by atoms with Crippen molar-refractivity contribution >= 4 is 28.9 Å². The number of methoxy groups -OCH3 is 1. The van der Waals surface area contributed by atoms with Crippen LogP contribution < -0.4 is 15.6 Å². The van der Waals surface area contributed by atoms with Gasteiger partial charge in [0.25, 0.3) is 5.56 Å². The molecule has 2 saturated heterocycles.